The molecule has 108 valence electrons. The third kappa shape index (κ3) is 2.42. The van der Waals surface area contributed by atoms with E-state index in [-0.39, 0.29) is 0 Å². The van der Waals surface area contributed by atoms with Gasteiger partial charge in [0, 0.05) is 18.3 Å². The van der Waals surface area contributed by atoms with Crippen LogP contribution >= 0.6 is 11.8 Å². The van der Waals surface area contributed by atoms with Crippen LogP contribution in [0, 0.1) is 0 Å². The van der Waals surface area contributed by atoms with Crippen LogP contribution in [0.2, 0.25) is 0 Å². The number of rotatable bonds is 5. The number of aromatic nitrogens is 4. The Morgan fingerprint density at radius 1 is 1.35 bits per heavy atom. The Kier molecular flexibility index (Phi) is 3.69. The van der Waals surface area contributed by atoms with Crippen LogP contribution in [0.3, 0.4) is 0 Å². The van der Waals surface area contributed by atoms with Gasteiger partial charge >= 0.3 is 0 Å². The van der Waals surface area contributed by atoms with E-state index in [0.29, 0.717) is 10.7 Å². The summed E-state index contributed by atoms with van der Waals surface area (Å²) in [6.07, 6.45) is 9.20. The summed E-state index contributed by atoms with van der Waals surface area (Å²) in [4.78, 5) is 8.86. The van der Waals surface area contributed by atoms with E-state index >= 15 is 0 Å². The molecule has 2 aromatic heterocycles. The lowest BCUT2D eigenvalue weighted by Gasteiger charge is -2.27. The molecule has 20 heavy (non-hydrogen) atoms. The summed E-state index contributed by atoms with van der Waals surface area (Å²) >= 11 is 1.97. The molecule has 2 heterocycles. The third-order valence-corrected chi connectivity index (χ3v) is 5.48. The number of aromatic amines is 1. The SMILES string of the molecule is CNc1nc(NCC2(SC)CCCC2)c2cn[nH]c2n1. The van der Waals surface area contributed by atoms with Gasteiger partial charge in [0.05, 0.1) is 11.6 Å². The first-order valence-corrected chi connectivity index (χ1v) is 8.17. The van der Waals surface area contributed by atoms with Gasteiger partial charge in [0.2, 0.25) is 5.95 Å². The lowest BCUT2D eigenvalue weighted by molar-refractivity contribution is 0.639. The van der Waals surface area contributed by atoms with Crippen molar-refractivity contribution >= 4 is 34.6 Å². The van der Waals surface area contributed by atoms with Crippen molar-refractivity contribution in [3.8, 4) is 0 Å². The fraction of sp³-hybridized carbons (Fsp3) is 0.615. The molecule has 0 spiro atoms. The van der Waals surface area contributed by atoms with Crippen molar-refractivity contribution in [2.75, 3.05) is 30.5 Å². The highest BCUT2D eigenvalue weighted by atomic mass is 32.2. The maximum atomic E-state index is 4.52. The lowest BCUT2D eigenvalue weighted by atomic mass is 10.1. The molecule has 0 radical (unpaired) electrons. The molecule has 1 saturated carbocycles. The number of thioether (sulfide) groups is 1. The highest BCUT2D eigenvalue weighted by Gasteiger charge is 2.32. The number of H-pyrrole nitrogens is 1. The van der Waals surface area contributed by atoms with Crippen molar-refractivity contribution in [3.05, 3.63) is 6.20 Å². The molecule has 0 aliphatic heterocycles. The van der Waals surface area contributed by atoms with E-state index in [1.807, 2.05) is 18.8 Å². The van der Waals surface area contributed by atoms with Crippen molar-refractivity contribution < 1.29 is 0 Å². The van der Waals surface area contributed by atoms with E-state index in [4.69, 9.17) is 0 Å². The van der Waals surface area contributed by atoms with Crippen LogP contribution in [0.25, 0.3) is 11.0 Å². The Hall–Kier alpha value is -1.50. The monoisotopic (exact) mass is 292 g/mol. The average Bonchev–Trinajstić information content (AvgIpc) is 3.14. The highest BCUT2D eigenvalue weighted by molar-refractivity contribution is 8.00. The normalized spacial score (nSPS) is 17.5. The van der Waals surface area contributed by atoms with E-state index < -0.39 is 0 Å². The summed E-state index contributed by atoms with van der Waals surface area (Å²) < 4.78 is 0.348. The van der Waals surface area contributed by atoms with Crippen LogP contribution in [0.1, 0.15) is 25.7 Å². The van der Waals surface area contributed by atoms with Gasteiger partial charge in [-0.2, -0.15) is 26.8 Å². The van der Waals surface area contributed by atoms with Crippen molar-refractivity contribution in [2.45, 2.75) is 30.4 Å². The second-order valence-corrected chi connectivity index (χ2v) is 6.50. The third-order valence-electron chi connectivity index (χ3n) is 4.06. The van der Waals surface area contributed by atoms with Crippen molar-refractivity contribution in [2.24, 2.45) is 0 Å². The summed E-state index contributed by atoms with van der Waals surface area (Å²) in [6, 6.07) is 0. The predicted octanol–water partition coefficient (Wildman–Crippen LogP) is 2.48. The molecule has 3 N–H and O–H groups in total. The summed E-state index contributed by atoms with van der Waals surface area (Å²) in [7, 11) is 1.82. The van der Waals surface area contributed by atoms with Crippen LogP contribution < -0.4 is 10.6 Å². The zero-order chi connectivity index (χ0) is 14.0. The Morgan fingerprint density at radius 2 is 2.15 bits per heavy atom. The smallest absolute Gasteiger partial charge is 0.226 e. The minimum Gasteiger partial charge on any atom is -0.368 e. The Labute approximate surface area is 122 Å². The zero-order valence-corrected chi connectivity index (χ0v) is 12.7. The summed E-state index contributed by atoms with van der Waals surface area (Å²) in [5.41, 5.74) is 0.761. The van der Waals surface area contributed by atoms with Crippen LogP contribution in [0.5, 0.6) is 0 Å². The first-order chi connectivity index (χ1) is 9.76. The minimum atomic E-state index is 0.348. The molecular formula is C13H20N6S. The number of hydrogen-bond donors (Lipinski definition) is 3. The molecule has 2 aromatic rings. The molecule has 0 saturated heterocycles. The molecule has 0 unspecified atom stereocenters. The molecule has 1 aliphatic carbocycles. The molecule has 0 aromatic carbocycles. The first kappa shape index (κ1) is 13.5. The van der Waals surface area contributed by atoms with Crippen LogP contribution in [0.15, 0.2) is 6.20 Å². The van der Waals surface area contributed by atoms with Gasteiger partial charge < -0.3 is 10.6 Å². The summed E-state index contributed by atoms with van der Waals surface area (Å²) in [5.74, 6) is 1.46. The molecule has 6 nitrogen and oxygen atoms in total. The molecular weight excluding hydrogens is 272 g/mol. The molecule has 1 fully saturated rings. The number of nitrogens with one attached hydrogen (secondary N) is 3. The van der Waals surface area contributed by atoms with Gasteiger partial charge in [-0.1, -0.05) is 12.8 Å². The first-order valence-electron chi connectivity index (χ1n) is 6.94. The molecule has 0 amide bonds. The van der Waals surface area contributed by atoms with Gasteiger partial charge in [-0.05, 0) is 19.1 Å². The zero-order valence-electron chi connectivity index (χ0n) is 11.9. The van der Waals surface area contributed by atoms with Crippen LogP contribution in [-0.4, -0.2) is 44.8 Å². The van der Waals surface area contributed by atoms with Gasteiger partial charge in [0.25, 0.3) is 0 Å². The largest absolute Gasteiger partial charge is 0.368 e. The second-order valence-electron chi connectivity index (χ2n) is 5.23. The van der Waals surface area contributed by atoms with E-state index in [1.54, 1.807) is 6.20 Å². The van der Waals surface area contributed by atoms with E-state index in [2.05, 4.69) is 37.1 Å². The van der Waals surface area contributed by atoms with Gasteiger partial charge in [-0.15, -0.1) is 0 Å². The van der Waals surface area contributed by atoms with Crippen molar-refractivity contribution in [3.63, 3.8) is 0 Å². The minimum absolute atomic E-state index is 0.348. The van der Waals surface area contributed by atoms with Gasteiger partial charge in [0.15, 0.2) is 5.65 Å². The number of hydrogen-bond acceptors (Lipinski definition) is 6. The predicted molar refractivity (Wildman–Crippen MR) is 84.4 cm³/mol. The van der Waals surface area contributed by atoms with Crippen molar-refractivity contribution in [1.82, 2.24) is 20.2 Å². The molecule has 1 aliphatic rings. The second kappa shape index (κ2) is 5.47. The molecule has 0 atom stereocenters. The standard InChI is InChI=1S/C13H20N6S/c1-14-12-17-10(9-7-16-19-11(9)18-12)15-8-13(20-2)5-3-4-6-13/h7H,3-6,8H2,1-2H3,(H3,14,15,16,17,18,19). The fourth-order valence-electron chi connectivity index (χ4n) is 2.80. The van der Waals surface area contributed by atoms with Gasteiger partial charge in [-0.3, -0.25) is 5.10 Å². The van der Waals surface area contributed by atoms with Crippen LogP contribution in [0.4, 0.5) is 11.8 Å². The van der Waals surface area contributed by atoms with Crippen molar-refractivity contribution in [1.29, 1.82) is 0 Å². The fourth-order valence-corrected chi connectivity index (χ4v) is 3.71. The highest BCUT2D eigenvalue weighted by Crippen LogP contribution is 2.40. The Balaban J connectivity index is 1.84. The Morgan fingerprint density at radius 3 is 2.85 bits per heavy atom. The number of nitrogens with zero attached hydrogens (tertiary/aromatic N) is 3. The number of anilines is 2. The molecule has 7 heteroatoms. The maximum Gasteiger partial charge on any atom is 0.226 e. The number of fused-ring (bicyclic) bond motifs is 1. The van der Waals surface area contributed by atoms with E-state index in [0.717, 1.165) is 23.4 Å². The van der Waals surface area contributed by atoms with Crippen LogP contribution in [-0.2, 0) is 0 Å². The summed E-state index contributed by atoms with van der Waals surface area (Å²) in [6.45, 7) is 0.939. The van der Waals surface area contributed by atoms with E-state index in [1.165, 1.54) is 25.7 Å². The molecule has 3 rings (SSSR count). The lowest BCUT2D eigenvalue weighted by Crippen LogP contribution is -2.30. The Bertz CT molecular complexity index is 590. The quantitative estimate of drug-likeness (QED) is 0.786. The molecule has 0 bridgehead atoms. The topological polar surface area (TPSA) is 78.5 Å². The van der Waals surface area contributed by atoms with E-state index in [9.17, 15) is 0 Å². The summed E-state index contributed by atoms with van der Waals surface area (Å²) in [5, 5.41) is 14.4. The van der Waals surface area contributed by atoms with Gasteiger partial charge in [-0.25, -0.2) is 0 Å². The average molecular weight is 292 g/mol. The van der Waals surface area contributed by atoms with Gasteiger partial charge in [0.1, 0.15) is 5.82 Å². The maximum absolute atomic E-state index is 4.52.